The van der Waals surface area contributed by atoms with Gasteiger partial charge in [-0.2, -0.15) is 0 Å². The number of aromatic nitrogens is 1. The molecule has 0 fully saturated rings. The Labute approximate surface area is 143 Å². The Hall–Kier alpha value is -2.79. The van der Waals surface area contributed by atoms with Crippen molar-refractivity contribution in [1.82, 2.24) is 4.57 Å². The number of hydrogen-bond acceptors (Lipinski definition) is 4. The summed E-state index contributed by atoms with van der Waals surface area (Å²) in [6.45, 7) is 1.94. The van der Waals surface area contributed by atoms with Gasteiger partial charge in [0.2, 0.25) is 0 Å². The molecule has 0 spiro atoms. The number of hydrogen-bond donors (Lipinski definition) is 1. The fraction of sp³-hybridized carbons (Fsp3) is 0.111. The van der Waals surface area contributed by atoms with Crippen molar-refractivity contribution in [2.75, 3.05) is 12.3 Å². The van der Waals surface area contributed by atoms with Crippen LogP contribution in [0.4, 0.5) is 5.82 Å². The lowest BCUT2D eigenvalue weighted by Gasteiger charge is -2.07. The van der Waals surface area contributed by atoms with E-state index in [1.807, 2.05) is 0 Å². The zero-order valence-corrected chi connectivity index (χ0v) is 13.7. The van der Waals surface area contributed by atoms with E-state index in [0.717, 1.165) is 0 Å². The molecule has 0 saturated heterocycles. The van der Waals surface area contributed by atoms with Crippen LogP contribution in [0.3, 0.4) is 0 Å². The van der Waals surface area contributed by atoms with Crippen LogP contribution in [0.15, 0.2) is 48.5 Å². The minimum Gasteiger partial charge on any atom is -0.462 e. The summed E-state index contributed by atoms with van der Waals surface area (Å²) in [5.41, 5.74) is 7.31. The zero-order valence-electron chi connectivity index (χ0n) is 13.0. The van der Waals surface area contributed by atoms with E-state index in [1.165, 1.54) is 4.57 Å². The predicted molar refractivity (Wildman–Crippen MR) is 93.5 cm³/mol. The lowest BCUT2D eigenvalue weighted by molar-refractivity contribution is 0.0530. The van der Waals surface area contributed by atoms with Crippen LogP contribution < -0.4 is 5.73 Å². The summed E-state index contributed by atoms with van der Waals surface area (Å²) in [4.78, 5) is 25.1. The molecule has 3 rings (SSSR count). The first kappa shape index (κ1) is 16.1. The number of nitrogens with two attached hydrogens (primary N) is 1. The molecule has 0 saturated carbocycles. The molecule has 24 heavy (non-hydrogen) atoms. The summed E-state index contributed by atoms with van der Waals surface area (Å²) in [5.74, 6) is -0.820. The molecule has 0 aliphatic heterocycles. The highest BCUT2D eigenvalue weighted by Crippen LogP contribution is 2.30. The summed E-state index contributed by atoms with van der Waals surface area (Å²) >= 11 is 5.87. The standard InChI is InChI=1S/C18H15ClN2O3/c1-2-24-18(23)15-13-5-3-4-6-14(13)21(16(15)20)17(22)11-7-9-12(19)10-8-11/h3-10H,2,20H2,1H3. The summed E-state index contributed by atoms with van der Waals surface area (Å²) in [5, 5.41) is 1.11. The fourth-order valence-corrected chi connectivity index (χ4v) is 2.74. The maximum atomic E-state index is 12.9. The van der Waals surface area contributed by atoms with Gasteiger partial charge in [0.05, 0.1) is 12.1 Å². The number of carbonyl (C=O) groups excluding carboxylic acids is 2. The number of anilines is 1. The van der Waals surface area contributed by atoms with Crippen LogP contribution in [0.5, 0.6) is 0 Å². The van der Waals surface area contributed by atoms with Crippen LogP contribution in [0.1, 0.15) is 27.6 Å². The normalized spacial score (nSPS) is 10.8. The molecule has 6 heteroatoms. The van der Waals surface area contributed by atoms with Crippen LogP contribution in [0.2, 0.25) is 5.02 Å². The number of fused-ring (bicyclic) bond motifs is 1. The van der Waals surface area contributed by atoms with Crippen molar-refractivity contribution < 1.29 is 14.3 Å². The van der Waals surface area contributed by atoms with Gasteiger partial charge in [-0.05, 0) is 37.3 Å². The second kappa shape index (κ2) is 6.37. The molecule has 0 aliphatic rings. The number of benzene rings is 2. The maximum absolute atomic E-state index is 12.9. The largest absolute Gasteiger partial charge is 0.462 e. The smallest absolute Gasteiger partial charge is 0.342 e. The number of esters is 1. The third kappa shape index (κ3) is 2.63. The quantitative estimate of drug-likeness (QED) is 0.736. The van der Waals surface area contributed by atoms with Gasteiger partial charge in [0.25, 0.3) is 5.91 Å². The highest BCUT2D eigenvalue weighted by Gasteiger charge is 2.25. The topological polar surface area (TPSA) is 74.3 Å². The number of nitrogen functional groups attached to an aromatic ring is 1. The van der Waals surface area contributed by atoms with E-state index in [4.69, 9.17) is 22.1 Å². The van der Waals surface area contributed by atoms with E-state index in [9.17, 15) is 9.59 Å². The monoisotopic (exact) mass is 342 g/mol. The third-order valence-corrected chi connectivity index (χ3v) is 3.94. The van der Waals surface area contributed by atoms with Gasteiger partial charge in [0, 0.05) is 16.0 Å². The van der Waals surface area contributed by atoms with Gasteiger partial charge in [-0.15, -0.1) is 0 Å². The summed E-state index contributed by atoms with van der Waals surface area (Å²) in [6, 6.07) is 13.5. The van der Waals surface area contributed by atoms with Crippen molar-refractivity contribution in [1.29, 1.82) is 0 Å². The van der Waals surface area contributed by atoms with E-state index in [1.54, 1.807) is 55.5 Å². The number of carbonyl (C=O) groups is 2. The first-order valence-corrected chi connectivity index (χ1v) is 7.78. The molecule has 0 bridgehead atoms. The Kier molecular flexibility index (Phi) is 4.27. The first-order chi connectivity index (χ1) is 11.5. The van der Waals surface area contributed by atoms with Gasteiger partial charge in [0.1, 0.15) is 11.4 Å². The van der Waals surface area contributed by atoms with E-state index in [-0.39, 0.29) is 23.9 Å². The van der Waals surface area contributed by atoms with Gasteiger partial charge in [0.15, 0.2) is 0 Å². The summed E-state index contributed by atoms with van der Waals surface area (Å²) < 4.78 is 6.39. The lowest BCUT2D eigenvalue weighted by Crippen LogP contribution is -2.16. The SMILES string of the molecule is CCOC(=O)c1c(N)n(C(=O)c2ccc(Cl)cc2)c2ccccc12. The molecule has 122 valence electrons. The van der Waals surface area contributed by atoms with Crippen LogP contribution in [-0.4, -0.2) is 23.1 Å². The summed E-state index contributed by atoms with van der Waals surface area (Å²) in [6.07, 6.45) is 0. The van der Waals surface area contributed by atoms with E-state index >= 15 is 0 Å². The molecular weight excluding hydrogens is 328 g/mol. The molecule has 1 heterocycles. The Balaban J connectivity index is 2.21. The lowest BCUT2D eigenvalue weighted by atomic mass is 10.1. The van der Waals surface area contributed by atoms with Crippen molar-refractivity contribution in [2.45, 2.75) is 6.92 Å². The van der Waals surface area contributed by atoms with Gasteiger partial charge in [-0.25, -0.2) is 4.79 Å². The number of para-hydroxylation sites is 1. The van der Waals surface area contributed by atoms with Crippen LogP contribution in [0.25, 0.3) is 10.9 Å². The Morgan fingerprint density at radius 3 is 2.46 bits per heavy atom. The second-order valence-electron chi connectivity index (χ2n) is 5.15. The molecule has 0 aliphatic carbocycles. The number of halogens is 1. The highest BCUT2D eigenvalue weighted by molar-refractivity contribution is 6.30. The molecule has 1 aromatic heterocycles. The molecule has 2 N–H and O–H groups in total. The van der Waals surface area contributed by atoms with Gasteiger partial charge < -0.3 is 10.5 Å². The number of nitrogens with zero attached hydrogens (tertiary/aromatic N) is 1. The van der Waals surface area contributed by atoms with Crippen LogP contribution in [-0.2, 0) is 4.74 Å². The predicted octanol–water partition coefficient (Wildman–Crippen LogP) is 3.74. The molecule has 0 radical (unpaired) electrons. The molecule has 0 unspecified atom stereocenters. The van der Waals surface area contributed by atoms with Gasteiger partial charge >= 0.3 is 5.97 Å². The van der Waals surface area contributed by atoms with Crippen molar-refractivity contribution in [2.24, 2.45) is 0 Å². The second-order valence-corrected chi connectivity index (χ2v) is 5.58. The fourth-order valence-electron chi connectivity index (χ4n) is 2.62. The maximum Gasteiger partial charge on any atom is 0.342 e. The van der Waals surface area contributed by atoms with E-state index in [2.05, 4.69) is 0 Å². The number of ether oxygens (including phenoxy) is 1. The van der Waals surface area contributed by atoms with Crippen molar-refractivity contribution in [3.05, 3.63) is 64.7 Å². The van der Waals surface area contributed by atoms with E-state index in [0.29, 0.717) is 21.5 Å². The van der Waals surface area contributed by atoms with Gasteiger partial charge in [-0.1, -0.05) is 29.8 Å². The molecule has 3 aromatic rings. The Morgan fingerprint density at radius 1 is 1.12 bits per heavy atom. The molecule has 0 amide bonds. The molecule has 2 aromatic carbocycles. The molecular formula is C18H15ClN2O3. The number of rotatable bonds is 3. The first-order valence-electron chi connectivity index (χ1n) is 7.41. The average molecular weight is 343 g/mol. The minimum atomic E-state index is -0.547. The molecule has 5 nitrogen and oxygen atoms in total. The Morgan fingerprint density at radius 2 is 1.79 bits per heavy atom. The van der Waals surface area contributed by atoms with E-state index < -0.39 is 5.97 Å². The van der Waals surface area contributed by atoms with Crippen LogP contribution in [0, 0.1) is 0 Å². The minimum absolute atomic E-state index is 0.0644. The van der Waals surface area contributed by atoms with Crippen molar-refractivity contribution in [3.8, 4) is 0 Å². The van der Waals surface area contributed by atoms with Crippen molar-refractivity contribution in [3.63, 3.8) is 0 Å². The van der Waals surface area contributed by atoms with Gasteiger partial charge in [-0.3, -0.25) is 9.36 Å². The Bertz CT molecular complexity index is 929. The third-order valence-electron chi connectivity index (χ3n) is 3.69. The van der Waals surface area contributed by atoms with Crippen LogP contribution >= 0.6 is 11.6 Å². The summed E-state index contributed by atoms with van der Waals surface area (Å²) in [7, 11) is 0. The average Bonchev–Trinajstić information content (AvgIpc) is 2.87. The molecule has 0 atom stereocenters. The van der Waals surface area contributed by atoms with Crippen molar-refractivity contribution >= 4 is 40.2 Å². The zero-order chi connectivity index (χ0) is 17.3. The highest BCUT2D eigenvalue weighted by atomic mass is 35.5.